The molecule has 1 aromatic rings. The van der Waals surface area contributed by atoms with Crippen LogP contribution in [0.5, 0.6) is 0 Å². The number of nitrogens with two attached hydrogens (primary N) is 1. The zero-order valence-electron chi connectivity index (χ0n) is 13.0. The molecule has 1 heterocycles. The third-order valence-electron chi connectivity index (χ3n) is 3.61. The lowest BCUT2D eigenvalue weighted by molar-refractivity contribution is -0.116. The number of rotatable bonds is 5. The van der Waals surface area contributed by atoms with Gasteiger partial charge in [0.1, 0.15) is 5.70 Å². The number of amides is 1. The summed E-state index contributed by atoms with van der Waals surface area (Å²) in [6, 6.07) is 0. The lowest BCUT2D eigenvalue weighted by Crippen LogP contribution is -2.26. The van der Waals surface area contributed by atoms with Gasteiger partial charge >= 0.3 is 6.18 Å². The molecule has 0 spiro atoms. The van der Waals surface area contributed by atoms with Crippen LogP contribution in [0.4, 0.5) is 18.3 Å². The normalized spacial score (nSPS) is 19.4. The number of carbonyl (C=O) groups excluding carboxylic acids is 1. The highest BCUT2D eigenvalue weighted by atomic mass is 32.1. The van der Waals surface area contributed by atoms with Crippen LogP contribution >= 0.6 is 11.3 Å². The average Bonchev–Trinajstić information content (AvgIpc) is 3.03. The lowest BCUT2D eigenvalue weighted by Gasteiger charge is -2.20. The molecule has 2 rings (SSSR count). The first-order valence-corrected chi connectivity index (χ1v) is 8.54. The van der Waals surface area contributed by atoms with Crippen molar-refractivity contribution in [1.82, 2.24) is 4.98 Å². The van der Waals surface area contributed by atoms with E-state index in [1.54, 1.807) is 11.6 Å². The first-order valence-electron chi connectivity index (χ1n) is 7.67. The lowest BCUT2D eigenvalue weighted by atomic mass is 9.91. The number of carbonyl (C=O) groups is 1. The first kappa shape index (κ1) is 18.4. The second kappa shape index (κ2) is 8.27. The summed E-state index contributed by atoms with van der Waals surface area (Å²) in [4.78, 5) is 19.9. The number of anilines is 1. The van der Waals surface area contributed by atoms with Crippen molar-refractivity contribution in [2.45, 2.75) is 44.7 Å². The average molecular weight is 360 g/mol. The summed E-state index contributed by atoms with van der Waals surface area (Å²) in [6.07, 6.45) is 0.0465. The molecule has 0 aliphatic heterocycles. The molecule has 0 saturated heterocycles. The Bertz CT molecular complexity index is 623. The van der Waals surface area contributed by atoms with Gasteiger partial charge in [-0.3, -0.25) is 9.79 Å². The highest BCUT2D eigenvalue weighted by molar-refractivity contribution is 7.13. The number of halogens is 3. The number of hydrogen-bond acceptors (Lipinski definition) is 5. The van der Waals surface area contributed by atoms with Gasteiger partial charge in [0.2, 0.25) is 5.91 Å². The van der Waals surface area contributed by atoms with E-state index in [4.69, 9.17) is 5.73 Å². The van der Waals surface area contributed by atoms with Crippen LogP contribution in [0.3, 0.4) is 0 Å². The maximum atomic E-state index is 12.8. The monoisotopic (exact) mass is 360 g/mol. The molecule has 0 radical (unpaired) electrons. The van der Waals surface area contributed by atoms with Gasteiger partial charge in [0.05, 0.1) is 0 Å². The maximum Gasteiger partial charge on any atom is 0.431 e. The van der Waals surface area contributed by atoms with Crippen molar-refractivity contribution in [3.05, 3.63) is 22.8 Å². The zero-order chi connectivity index (χ0) is 17.6. The van der Waals surface area contributed by atoms with E-state index in [1.807, 2.05) is 0 Å². The molecule has 1 saturated carbocycles. The fourth-order valence-corrected chi connectivity index (χ4v) is 2.99. The quantitative estimate of drug-likeness (QED) is 0.787. The molecule has 1 aliphatic rings. The van der Waals surface area contributed by atoms with E-state index in [2.05, 4.69) is 15.3 Å². The van der Waals surface area contributed by atoms with Crippen molar-refractivity contribution in [3.8, 4) is 0 Å². The molecule has 3 N–H and O–H groups in total. The van der Waals surface area contributed by atoms with Gasteiger partial charge in [0.15, 0.2) is 5.13 Å². The number of aromatic nitrogens is 1. The van der Waals surface area contributed by atoms with E-state index in [0.29, 0.717) is 43.1 Å². The molecule has 0 atom stereocenters. The van der Waals surface area contributed by atoms with E-state index < -0.39 is 11.9 Å². The Morgan fingerprint density at radius 2 is 2.12 bits per heavy atom. The van der Waals surface area contributed by atoms with E-state index in [0.717, 1.165) is 6.42 Å². The fourth-order valence-electron chi connectivity index (χ4n) is 2.45. The third kappa shape index (κ3) is 5.33. The Kier molecular flexibility index (Phi) is 6.36. The Balaban J connectivity index is 1.88. The van der Waals surface area contributed by atoms with E-state index in [9.17, 15) is 18.0 Å². The first-order chi connectivity index (χ1) is 11.4. The van der Waals surface area contributed by atoms with Crippen molar-refractivity contribution >= 4 is 28.1 Å². The van der Waals surface area contributed by atoms with Gasteiger partial charge in [-0.05, 0) is 32.1 Å². The summed E-state index contributed by atoms with van der Waals surface area (Å²) in [5.41, 5.74) is 4.75. The van der Waals surface area contributed by atoms with Gasteiger partial charge in [-0.15, -0.1) is 11.3 Å². The van der Waals surface area contributed by atoms with Crippen LogP contribution < -0.4 is 11.1 Å². The molecule has 0 aromatic carbocycles. The minimum absolute atomic E-state index is 0.112. The number of allylic oxidation sites excluding steroid dienone is 2. The number of nitrogens with zero attached hydrogens (tertiary/aromatic N) is 2. The van der Waals surface area contributed by atoms with Crippen LogP contribution in [0.2, 0.25) is 0 Å². The van der Waals surface area contributed by atoms with Crippen molar-refractivity contribution in [1.29, 1.82) is 0 Å². The number of alkyl halides is 3. The summed E-state index contributed by atoms with van der Waals surface area (Å²) in [5.74, 6) is -0.181. The summed E-state index contributed by atoms with van der Waals surface area (Å²) < 4.78 is 38.4. The van der Waals surface area contributed by atoms with Crippen molar-refractivity contribution in [2.75, 3.05) is 11.9 Å². The van der Waals surface area contributed by atoms with E-state index in [1.165, 1.54) is 11.3 Å². The molecule has 1 amide bonds. The Labute approximate surface area is 141 Å². The largest absolute Gasteiger partial charge is 0.431 e. The molecule has 1 fully saturated rings. The van der Waals surface area contributed by atoms with Crippen molar-refractivity contribution < 1.29 is 18.0 Å². The molecule has 24 heavy (non-hydrogen) atoms. The van der Waals surface area contributed by atoms with Gasteiger partial charge in [-0.1, -0.05) is 0 Å². The molecule has 9 heteroatoms. The summed E-state index contributed by atoms with van der Waals surface area (Å²) in [6.45, 7) is 0.301. The molecule has 0 unspecified atom stereocenters. The summed E-state index contributed by atoms with van der Waals surface area (Å²) in [7, 11) is 0. The summed E-state index contributed by atoms with van der Waals surface area (Å²) in [5, 5.41) is 4.93. The van der Waals surface area contributed by atoms with Gasteiger partial charge in [-0.2, -0.15) is 13.2 Å². The topological polar surface area (TPSA) is 80.4 Å². The standard InChI is InChI=1S/C15H19F3N4OS/c16-15(17,18)13(19)10-4-1-2-5-11(10)20-7-3-6-12(23)22-14-21-8-9-24-14/h8-9H,1-7,19H2,(H,21,22,23). The maximum absolute atomic E-state index is 12.8. The fraction of sp³-hybridized carbons (Fsp3) is 0.533. The Morgan fingerprint density at radius 3 is 2.79 bits per heavy atom. The molecule has 1 aliphatic carbocycles. The SMILES string of the molecule is NC(=C1CCCCC1=NCCCC(=O)Nc1nccs1)C(F)(F)F. The molecule has 1 aromatic heterocycles. The van der Waals surface area contributed by atoms with Crippen molar-refractivity contribution in [2.24, 2.45) is 10.7 Å². The van der Waals surface area contributed by atoms with Gasteiger partial charge in [-0.25, -0.2) is 4.98 Å². The van der Waals surface area contributed by atoms with Gasteiger partial charge in [0.25, 0.3) is 0 Å². The number of aliphatic imine (C=N–C) groups is 1. The Hall–Kier alpha value is -1.90. The van der Waals surface area contributed by atoms with Crippen LogP contribution in [-0.4, -0.2) is 29.3 Å². The zero-order valence-corrected chi connectivity index (χ0v) is 13.8. The smallest absolute Gasteiger partial charge is 0.394 e. The number of thiazole rings is 1. The highest BCUT2D eigenvalue weighted by Crippen LogP contribution is 2.30. The minimum Gasteiger partial charge on any atom is -0.394 e. The second-order valence-corrected chi connectivity index (χ2v) is 6.31. The number of hydrogen-bond donors (Lipinski definition) is 2. The van der Waals surface area contributed by atoms with Crippen LogP contribution in [-0.2, 0) is 4.79 Å². The highest BCUT2D eigenvalue weighted by Gasteiger charge is 2.35. The molecule has 132 valence electrons. The molecule has 0 bridgehead atoms. The van der Waals surface area contributed by atoms with Gasteiger partial charge < -0.3 is 11.1 Å². The van der Waals surface area contributed by atoms with E-state index >= 15 is 0 Å². The Morgan fingerprint density at radius 1 is 1.38 bits per heavy atom. The second-order valence-electron chi connectivity index (χ2n) is 5.41. The van der Waals surface area contributed by atoms with E-state index in [-0.39, 0.29) is 17.9 Å². The number of nitrogens with one attached hydrogen (secondary N) is 1. The van der Waals surface area contributed by atoms with Crippen LogP contribution in [0.15, 0.2) is 27.8 Å². The van der Waals surface area contributed by atoms with Gasteiger partial charge in [0, 0.05) is 35.8 Å². The molecular weight excluding hydrogens is 341 g/mol. The van der Waals surface area contributed by atoms with Crippen LogP contribution in [0.1, 0.15) is 38.5 Å². The molecule has 5 nitrogen and oxygen atoms in total. The molecular formula is C15H19F3N4OS. The van der Waals surface area contributed by atoms with Crippen LogP contribution in [0.25, 0.3) is 0 Å². The predicted octanol–water partition coefficient (Wildman–Crippen LogP) is 3.65. The third-order valence-corrected chi connectivity index (χ3v) is 4.30. The van der Waals surface area contributed by atoms with Crippen molar-refractivity contribution in [3.63, 3.8) is 0 Å². The predicted molar refractivity (Wildman–Crippen MR) is 88.0 cm³/mol. The summed E-state index contributed by atoms with van der Waals surface area (Å²) >= 11 is 1.32. The minimum atomic E-state index is -4.53. The van der Waals surface area contributed by atoms with Crippen LogP contribution in [0, 0.1) is 0 Å².